The van der Waals surface area contributed by atoms with Gasteiger partial charge in [0.2, 0.25) is 5.91 Å². The Morgan fingerprint density at radius 1 is 1.22 bits per heavy atom. The molecule has 7 heteroatoms. The van der Waals surface area contributed by atoms with E-state index in [0.717, 1.165) is 25.7 Å². The Balaban J connectivity index is 1.48. The van der Waals surface area contributed by atoms with Crippen LogP contribution >= 0.6 is 11.6 Å². The zero-order chi connectivity index (χ0) is 19.8. The molecule has 1 aromatic rings. The van der Waals surface area contributed by atoms with Crippen molar-refractivity contribution < 1.29 is 18.7 Å². The Morgan fingerprint density at radius 2 is 1.85 bits per heavy atom. The molecule has 2 fully saturated rings. The lowest BCUT2D eigenvalue weighted by Gasteiger charge is -2.53. The number of hydrogen-bond acceptors (Lipinski definition) is 3. The van der Waals surface area contributed by atoms with Gasteiger partial charge in [-0.05, 0) is 64.7 Å². The third kappa shape index (κ3) is 4.92. The minimum Gasteiger partial charge on any atom is -0.444 e. The fourth-order valence-corrected chi connectivity index (χ4v) is 4.12. The number of benzene rings is 1. The maximum Gasteiger partial charge on any atom is 0.410 e. The molecule has 0 bridgehead atoms. The summed E-state index contributed by atoms with van der Waals surface area (Å²) in [5, 5.41) is 3.02. The molecule has 1 spiro atoms. The number of nitrogens with one attached hydrogen (secondary N) is 1. The van der Waals surface area contributed by atoms with Crippen LogP contribution in [0.5, 0.6) is 0 Å². The molecule has 1 N–H and O–H groups in total. The topological polar surface area (TPSA) is 58.6 Å². The summed E-state index contributed by atoms with van der Waals surface area (Å²) >= 11 is 5.83. The molecule has 1 heterocycles. The monoisotopic (exact) mass is 396 g/mol. The van der Waals surface area contributed by atoms with E-state index >= 15 is 0 Å². The van der Waals surface area contributed by atoms with E-state index in [2.05, 4.69) is 5.32 Å². The predicted molar refractivity (Wildman–Crippen MR) is 102 cm³/mol. The van der Waals surface area contributed by atoms with Gasteiger partial charge in [0.05, 0.1) is 0 Å². The number of hydrogen-bond donors (Lipinski definition) is 1. The number of nitrogens with zero attached hydrogens (tertiary/aromatic N) is 1. The van der Waals surface area contributed by atoms with Gasteiger partial charge in [-0.15, -0.1) is 0 Å². The average Bonchev–Trinajstić information content (AvgIpc) is 2.50. The molecule has 0 radical (unpaired) electrons. The molecule has 1 saturated heterocycles. The molecular formula is C20H26ClFN2O3. The van der Waals surface area contributed by atoms with Crippen molar-refractivity contribution in [2.75, 3.05) is 18.4 Å². The Hall–Kier alpha value is -1.82. The molecule has 0 aromatic heterocycles. The standard InChI is InChI=1S/C20H26ClFN2O3/c1-19(2,3)27-18(26)24-11-20(12-24)6-4-13(5-7-20)17(25)23-16-9-14(21)8-15(22)10-16/h8-10,13H,4-7,11-12H2,1-3H3,(H,23,25). The van der Waals surface area contributed by atoms with Crippen molar-refractivity contribution in [3.8, 4) is 0 Å². The maximum atomic E-state index is 13.4. The highest BCUT2D eigenvalue weighted by Gasteiger charge is 2.48. The second kappa shape index (κ2) is 7.30. The molecule has 1 aliphatic carbocycles. The summed E-state index contributed by atoms with van der Waals surface area (Å²) in [6.07, 6.45) is 3.05. The summed E-state index contributed by atoms with van der Waals surface area (Å²) in [5.74, 6) is -0.680. The molecule has 0 atom stereocenters. The molecule has 27 heavy (non-hydrogen) atoms. The normalized spacial score (nSPS) is 19.5. The molecule has 1 aromatic carbocycles. The van der Waals surface area contributed by atoms with Crippen molar-refractivity contribution in [1.29, 1.82) is 0 Å². The highest BCUT2D eigenvalue weighted by atomic mass is 35.5. The first-order chi connectivity index (χ1) is 12.6. The zero-order valence-electron chi connectivity index (χ0n) is 16.0. The molecule has 2 amide bonds. The van der Waals surface area contributed by atoms with Crippen LogP contribution in [0.1, 0.15) is 46.5 Å². The average molecular weight is 397 g/mol. The summed E-state index contributed by atoms with van der Waals surface area (Å²) < 4.78 is 18.8. The lowest BCUT2D eigenvalue weighted by atomic mass is 9.66. The maximum absolute atomic E-state index is 13.4. The second-order valence-corrected chi connectivity index (χ2v) is 9.19. The number of carbonyl (C=O) groups excluding carboxylic acids is 2. The number of amides is 2. The molecular weight excluding hydrogens is 371 g/mol. The van der Waals surface area contributed by atoms with Crippen molar-refractivity contribution in [2.24, 2.45) is 11.3 Å². The lowest BCUT2D eigenvalue weighted by Crippen LogP contribution is -2.60. The van der Waals surface area contributed by atoms with Crippen LogP contribution in [0.4, 0.5) is 14.9 Å². The van der Waals surface area contributed by atoms with E-state index in [1.807, 2.05) is 20.8 Å². The van der Waals surface area contributed by atoms with Crippen LogP contribution in [-0.4, -0.2) is 35.6 Å². The van der Waals surface area contributed by atoms with Gasteiger partial charge in [-0.3, -0.25) is 4.79 Å². The summed E-state index contributed by atoms with van der Waals surface area (Å²) in [7, 11) is 0. The van der Waals surface area contributed by atoms with Gasteiger partial charge >= 0.3 is 6.09 Å². The van der Waals surface area contributed by atoms with E-state index in [9.17, 15) is 14.0 Å². The molecule has 2 aliphatic rings. The first-order valence-corrected chi connectivity index (χ1v) is 9.68. The van der Waals surface area contributed by atoms with Crippen molar-refractivity contribution in [1.82, 2.24) is 4.90 Å². The minimum atomic E-state index is -0.491. The predicted octanol–water partition coefficient (Wildman–Crippen LogP) is 4.84. The van der Waals surface area contributed by atoms with Crippen LogP contribution in [-0.2, 0) is 9.53 Å². The summed E-state index contributed by atoms with van der Waals surface area (Å²) in [4.78, 5) is 26.3. The van der Waals surface area contributed by atoms with Crippen molar-refractivity contribution in [2.45, 2.75) is 52.1 Å². The van der Waals surface area contributed by atoms with Crippen LogP contribution in [0.2, 0.25) is 5.02 Å². The summed E-state index contributed by atoms with van der Waals surface area (Å²) in [6.45, 7) is 6.95. The first kappa shape index (κ1) is 19.9. The largest absolute Gasteiger partial charge is 0.444 e. The fraction of sp³-hybridized carbons (Fsp3) is 0.600. The van der Waals surface area contributed by atoms with Gasteiger partial charge in [0.1, 0.15) is 11.4 Å². The van der Waals surface area contributed by atoms with Crippen molar-refractivity contribution in [3.63, 3.8) is 0 Å². The lowest BCUT2D eigenvalue weighted by molar-refractivity contribution is -0.123. The van der Waals surface area contributed by atoms with Gasteiger partial charge in [0.15, 0.2) is 0 Å². The summed E-state index contributed by atoms with van der Waals surface area (Å²) in [6, 6.07) is 4.00. The zero-order valence-corrected chi connectivity index (χ0v) is 16.7. The highest BCUT2D eigenvalue weighted by molar-refractivity contribution is 6.30. The smallest absolute Gasteiger partial charge is 0.410 e. The van der Waals surface area contributed by atoms with Crippen molar-refractivity contribution in [3.05, 3.63) is 29.0 Å². The number of ether oxygens (including phenoxy) is 1. The second-order valence-electron chi connectivity index (χ2n) is 8.76. The Labute approximate surface area is 164 Å². The van der Waals surface area contributed by atoms with Gasteiger partial charge in [0.25, 0.3) is 0 Å². The van der Waals surface area contributed by atoms with Gasteiger partial charge in [-0.2, -0.15) is 0 Å². The minimum absolute atomic E-state index is 0.102. The molecule has 3 rings (SSSR count). The van der Waals surface area contributed by atoms with E-state index in [0.29, 0.717) is 18.8 Å². The quantitative estimate of drug-likeness (QED) is 0.777. The number of likely N-dealkylation sites (tertiary alicyclic amines) is 1. The van der Waals surface area contributed by atoms with Crippen LogP contribution < -0.4 is 5.32 Å². The Bertz CT molecular complexity index is 711. The number of rotatable bonds is 2. The van der Waals surface area contributed by atoms with Crippen LogP contribution in [0.3, 0.4) is 0 Å². The van der Waals surface area contributed by atoms with Crippen LogP contribution in [0.15, 0.2) is 18.2 Å². The molecule has 1 aliphatic heterocycles. The van der Waals surface area contributed by atoms with E-state index in [4.69, 9.17) is 16.3 Å². The van der Waals surface area contributed by atoms with E-state index < -0.39 is 11.4 Å². The Morgan fingerprint density at radius 3 is 2.41 bits per heavy atom. The third-order valence-corrected chi connectivity index (χ3v) is 5.47. The number of carbonyl (C=O) groups is 2. The van der Waals surface area contributed by atoms with Crippen LogP contribution in [0, 0.1) is 17.2 Å². The van der Waals surface area contributed by atoms with E-state index in [-0.39, 0.29) is 28.4 Å². The van der Waals surface area contributed by atoms with Gasteiger partial charge < -0.3 is 15.0 Å². The highest BCUT2D eigenvalue weighted by Crippen LogP contribution is 2.46. The molecule has 0 unspecified atom stereocenters. The van der Waals surface area contributed by atoms with E-state index in [1.54, 1.807) is 4.90 Å². The van der Waals surface area contributed by atoms with E-state index in [1.165, 1.54) is 18.2 Å². The number of anilines is 1. The SMILES string of the molecule is CC(C)(C)OC(=O)N1CC2(CCC(C(=O)Nc3cc(F)cc(Cl)c3)CC2)C1. The van der Waals surface area contributed by atoms with Gasteiger partial charge in [0, 0.05) is 35.1 Å². The van der Waals surface area contributed by atoms with Gasteiger partial charge in [-0.1, -0.05) is 11.6 Å². The third-order valence-electron chi connectivity index (χ3n) is 5.25. The molecule has 148 valence electrons. The summed E-state index contributed by atoms with van der Waals surface area (Å²) in [5.41, 5.74) is -0.00403. The van der Waals surface area contributed by atoms with Crippen LogP contribution in [0.25, 0.3) is 0 Å². The Kier molecular flexibility index (Phi) is 5.39. The van der Waals surface area contributed by atoms with Crippen molar-refractivity contribution >= 4 is 29.3 Å². The number of halogens is 2. The first-order valence-electron chi connectivity index (χ1n) is 9.30. The molecule has 5 nitrogen and oxygen atoms in total. The fourth-order valence-electron chi connectivity index (χ4n) is 3.90. The molecule has 1 saturated carbocycles. The van der Waals surface area contributed by atoms with Gasteiger partial charge in [-0.25, -0.2) is 9.18 Å².